The number of phenols is 1. The van der Waals surface area contributed by atoms with Crippen molar-refractivity contribution in [3.05, 3.63) is 162 Å². The van der Waals surface area contributed by atoms with E-state index >= 15 is 0 Å². The van der Waals surface area contributed by atoms with Crippen LogP contribution in [0.4, 0.5) is 0 Å². The third kappa shape index (κ3) is 18.0. The van der Waals surface area contributed by atoms with Crippen LogP contribution in [0.15, 0.2) is 140 Å². The topological polar surface area (TPSA) is 335 Å². The van der Waals surface area contributed by atoms with Crippen molar-refractivity contribution >= 4 is 105 Å². The van der Waals surface area contributed by atoms with Gasteiger partial charge < -0.3 is 64.5 Å². The van der Waals surface area contributed by atoms with Gasteiger partial charge in [-0.3, -0.25) is 38.4 Å². The molecule has 7 aromatic rings. The Balaban J connectivity index is 1.08. The standard InChI is InChI=1S/C63H75N11O9S2/c1-36(2)55(63(83)73-54(35-85)61(81)69-50(56(66)76)31-39-19-23-41-12-4-6-14-43(41)28-39)74-58(78)49(17-9-10-26-64)68-60(80)52(32-44-33-67-48-16-8-7-15-46(44)48)71-59(79)51(30-37-20-24-45(75)25-21-37)70-62(82)53(34-84)72-57(77)47(65)29-38-18-22-40-11-3-5-13-42(40)27-38/h3-8,11-16,18-25,27-28,33,36,47,49-55,67,75,84-85H,9-10,17,26,29-32,34-35,64-65H2,1-2H3,(H2,66,76)(H,68,80)(H,69,81)(H,70,82)(H,71,79)(H,72,77)(H,73,83)(H,74,78)/t47-,49+,50-,51+,52-,53-,54+,55+/m1/s1. The first-order chi connectivity index (χ1) is 40.8. The minimum Gasteiger partial charge on any atom is -0.508 e. The SMILES string of the molecule is CC(C)[C@H](NC(=O)[C@H](CCCCN)NC(=O)[C@@H](Cc1c[nH]c2ccccc12)NC(=O)[C@H](Cc1ccc(O)cc1)NC(=O)[C@@H](CS)NC(=O)[C@H](N)Cc1ccc2ccccc2c1)C(=O)N[C@@H](CS)C(=O)N[C@H](Cc1ccc2ccccc2c1)C(N)=O. The summed E-state index contributed by atoms with van der Waals surface area (Å²) < 4.78 is 0. The van der Waals surface area contributed by atoms with Gasteiger partial charge in [0.25, 0.3) is 0 Å². The molecule has 0 radical (unpaired) electrons. The second-order valence-electron chi connectivity index (χ2n) is 21.5. The molecule has 15 N–H and O–H groups in total. The van der Waals surface area contributed by atoms with E-state index in [-0.39, 0.29) is 55.9 Å². The molecular weight excluding hydrogens is 1120 g/mol. The Hall–Kier alpha value is -8.44. The van der Waals surface area contributed by atoms with Crippen LogP contribution in [0, 0.1) is 5.92 Å². The lowest BCUT2D eigenvalue weighted by molar-refractivity contribution is -0.136. The van der Waals surface area contributed by atoms with Crippen LogP contribution in [0.1, 0.15) is 55.4 Å². The number of carbonyl (C=O) groups excluding carboxylic acids is 8. The van der Waals surface area contributed by atoms with Gasteiger partial charge in [-0.25, -0.2) is 0 Å². The number of nitrogens with one attached hydrogen (secondary N) is 8. The molecule has 1 aromatic heterocycles. The van der Waals surface area contributed by atoms with E-state index in [0.717, 1.165) is 43.6 Å². The van der Waals surface area contributed by atoms with Crippen LogP contribution in [-0.2, 0) is 64.0 Å². The molecule has 0 aliphatic heterocycles. The number of unbranched alkanes of at least 4 members (excludes halogenated alkanes) is 1. The molecule has 0 aliphatic carbocycles. The van der Waals surface area contributed by atoms with Gasteiger partial charge in [0.1, 0.15) is 48.0 Å². The van der Waals surface area contributed by atoms with Crippen molar-refractivity contribution in [3.63, 3.8) is 0 Å². The molecule has 85 heavy (non-hydrogen) atoms. The fourth-order valence-corrected chi connectivity index (χ4v) is 10.4. The zero-order valence-corrected chi connectivity index (χ0v) is 49.2. The summed E-state index contributed by atoms with van der Waals surface area (Å²) in [7, 11) is 0. The average Bonchev–Trinajstić information content (AvgIpc) is 4.20. The van der Waals surface area contributed by atoms with E-state index in [0.29, 0.717) is 24.0 Å². The Labute approximate surface area is 504 Å². The number of aromatic nitrogens is 1. The molecule has 6 aromatic carbocycles. The van der Waals surface area contributed by atoms with Crippen molar-refractivity contribution in [1.29, 1.82) is 0 Å². The van der Waals surface area contributed by atoms with E-state index in [1.165, 1.54) is 12.1 Å². The summed E-state index contributed by atoms with van der Waals surface area (Å²) in [5.74, 6) is -6.98. The number of rotatable bonds is 30. The molecule has 0 aliphatic rings. The van der Waals surface area contributed by atoms with E-state index in [4.69, 9.17) is 17.2 Å². The summed E-state index contributed by atoms with van der Waals surface area (Å²) in [5.41, 5.74) is 21.5. The van der Waals surface area contributed by atoms with E-state index in [1.807, 2.05) is 109 Å². The highest BCUT2D eigenvalue weighted by Crippen LogP contribution is 2.22. The van der Waals surface area contributed by atoms with Crippen molar-refractivity contribution in [2.24, 2.45) is 23.1 Å². The largest absolute Gasteiger partial charge is 0.508 e. The lowest BCUT2D eigenvalue weighted by atomic mass is 9.99. The number of aromatic hydroxyl groups is 1. The molecular formula is C63H75N11O9S2. The van der Waals surface area contributed by atoms with Crippen LogP contribution in [0.25, 0.3) is 32.4 Å². The zero-order chi connectivity index (χ0) is 61.2. The quantitative estimate of drug-likeness (QED) is 0.0229. The van der Waals surface area contributed by atoms with Gasteiger partial charge in [0.05, 0.1) is 6.04 Å². The predicted octanol–water partition coefficient (Wildman–Crippen LogP) is 3.30. The maximum atomic E-state index is 14.9. The van der Waals surface area contributed by atoms with Crippen LogP contribution in [-0.4, -0.2) is 124 Å². The summed E-state index contributed by atoms with van der Waals surface area (Å²) in [6.07, 6.45) is 2.60. The summed E-state index contributed by atoms with van der Waals surface area (Å²) in [6.45, 7) is 3.64. The molecule has 8 amide bonds. The number of primary amides is 1. The van der Waals surface area contributed by atoms with Gasteiger partial charge in [-0.15, -0.1) is 0 Å². The van der Waals surface area contributed by atoms with E-state index in [1.54, 1.807) is 32.2 Å². The number of aromatic amines is 1. The first-order valence-electron chi connectivity index (χ1n) is 28.2. The summed E-state index contributed by atoms with van der Waals surface area (Å²) in [5, 5.41) is 33.9. The van der Waals surface area contributed by atoms with Crippen molar-refractivity contribution in [3.8, 4) is 5.75 Å². The fourth-order valence-electron chi connectivity index (χ4n) is 9.91. The van der Waals surface area contributed by atoms with Crippen LogP contribution in [0.2, 0.25) is 0 Å². The van der Waals surface area contributed by atoms with Crippen LogP contribution in [0.5, 0.6) is 5.75 Å². The number of phenolic OH excluding ortho intramolecular Hbond substituents is 1. The van der Waals surface area contributed by atoms with Crippen molar-refractivity contribution in [2.45, 2.75) is 107 Å². The van der Waals surface area contributed by atoms with E-state index in [2.05, 4.69) is 67.5 Å². The first-order valence-corrected chi connectivity index (χ1v) is 29.5. The molecule has 0 saturated heterocycles. The number of amides is 8. The molecule has 0 bridgehead atoms. The lowest BCUT2D eigenvalue weighted by Gasteiger charge is -2.29. The summed E-state index contributed by atoms with van der Waals surface area (Å²) in [4.78, 5) is 116. The molecule has 448 valence electrons. The van der Waals surface area contributed by atoms with Gasteiger partial charge in [0.15, 0.2) is 0 Å². The average molecular weight is 1190 g/mol. The molecule has 0 spiro atoms. The van der Waals surface area contributed by atoms with Crippen LogP contribution >= 0.6 is 25.3 Å². The highest BCUT2D eigenvalue weighted by atomic mass is 32.1. The molecule has 0 saturated carbocycles. The van der Waals surface area contributed by atoms with Crippen molar-refractivity contribution in [1.82, 2.24) is 42.2 Å². The number of hydrogen-bond acceptors (Lipinski definition) is 13. The molecule has 8 atom stereocenters. The molecule has 22 heteroatoms. The Morgan fingerprint density at radius 1 is 0.494 bits per heavy atom. The predicted molar refractivity (Wildman–Crippen MR) is 335 cm³/mol. The highest BCUT2D eigenvalue weighted by molar-refractivity contribution is 7.80. The van der Waals surface area contributed by atoms with E-state index < -0.39 is 102 Å². The van der Waals surface area contributed by atoms with Crippen molar-refractivity contribution in [2.75, 3.05) is 18.1 Å². The summed E-state index contributed by atoms with van der Waals surface area (Å²) >= 11 is 8.71. The van der Waals surface area contributed by atoms with Crippen LogP contribution in [0.3, 0.4) is 0 Å². The zero-order valence-electron chi connectivity index (χ0n) is 47.4. The maximum absolute atomic E-state index is 14.9. The normalized spacial score (nSPS) is 14.2. The monoisotopic (exact) mass is 1190 g/mol. The second kappa shape index (κ2) is 30.9. The number of hydrogen-bond donors (Lipinski definition) is 14. The number of fused-ring (bicyclic) bond motifs is 3. The smallest absolute Gasteiger partial charge is 0.244 e. The number of thiol groups is 2. The Bertz CT molecular complexity index is 3490. The molecule has 1 heterocycles. The number of carbonyl (C=O) groups is 8. The van der Waals surface area contributed by atoms with Gasteiger partial charge in [-0.2, -0.15) is 25.3 Å². The van der Waals surface area contributed by atoms with Crippen LogP contribution < -0.4 is 54.4 Å². The van der Waals surface area contributed by atoms with E-state index in [9.17, 15) is 43.5 Å². The minimum absolute atomic E-state index is 0.0409. The van der Waals surface area contributed by atoms with Gasteiger partial charge in [0.2, 0.25) is 47.3 Å². The molecule has 7 rings (SSSR count). The molecule has 0 fully saturated rings. The molecule has 20 nitrogen and oxygen atoms in total. The van der Waals surface area contributed by atoms with Gasteiger partial charge in [0, 0.05) is 47.9 Å². The second-order valence-corrected chi connectivity index (χ2v) is 22.2. The number of nitrogens with two attached hydrogens (primary N) is 3. The third-order valence-electron chi connectivity index (χ3n) is 14.7. The highest BCUT2D eigenvalue weighted by Gasteiger charge is 2.35. The lowest BCUT2D eigenvalue weighted by Crippen LogP contribution is -2.61. The third-order valence-corrected chi connectivity index (χ3v) is 15.4. The Morgan fingerprint density at radius 2 is 0.953 bits per heavy atom. The first kappa shape index (κ1) is 64.1. The van der Waals surface area contributed by atoms with Crippen molar-refractivity contribution < 1.29 is 43.5 Å². The Morgan fingerprint density at radius 3 is 1.52 bits per heavy atom. The summed E-state index contributed by atoms with van der Waals surface area (Å²) in [6, 6.07) is 30.1. The molecule has 0 unspecified atom stereocenters. The Kier molecular flexibility index (Phi) is 23.3. The number of para-hydroxylation sites is 1. The minimum atomic E-state index is -1.39. The van der Waals surface area contributed by atoms with Gasteiger partial charge in [-0.1, -0.05) is 129 Å². The number of benzene rings is 6. The maximum Gasteiger partial charge on any atom is 0.244 e. The van der Waals surface area contributed by atoms with Gasteiger partial charge >= 0.3 is 0 Å². The number of H-pyrrole nitrogens is 1. The van der Waals surface area contributed by atoms with Gasteiger partial charge in [-0.05, 0) is 100 Å². The fraction of sp³-hybridized carbons (Fsp3) is 0.333.